The van der Waals surface area contributed by atoms with Crippen LogP contribution >= 0.6 is 0 Å². The van der Waals surface area contributed by atoms with Gasteiger partial charge in [-0.1, -0.05) is 44.0 Å². The summed E-state index contributed by atoms with van der Waals surface area (Å²) in [5.74, 6) is 0.0572. The quantitative estimate of drug-likeness (QED) is 0.629. The Labute approximate surface area is 198 Å². The molecule has 1 atom stereocenters. The SMILES string of the molecule is CCc1cccc(C2(Cc3nc(=O)c(O)c4n3C[C@H](C)N(c3ccn(C)n3)C4=O)CCCC2)c1. The van der Waals surface area contributed by atoms with Gasteiger partial charge in [-0.05, 0) is 37.3 Å². The molecule has 3 aromatic rings. The normalized spacial score (nSPS) is 19.4. The highest BCUT2D eigenvalue weighted by atomic mass is 16.3. The second-order valence-electron chi connectivity index (χ2n) is 9.73. The standard InChI is InChI=1S/C26H31N5O3/c1-4-18-8-7-9-19(14-18)26(11-5-6-12-26)15-21-27-24(33)23(32)22-25(34)31(17(2)16-30(21)22)20-10-13-29(3)28-20/h7-10,13-14,17,32H,4-6,11-12,15-16H2,1-3H3/t17-/m0/s1. The number of benzene rings is 1. The number of amides is 1. The van der Waals surface area contributed by atoms with Gasteiger partial charge in [-0.25, -0.2) is 0 Å². The third-order valence-corrected chi connectivity index (χ3v) is 7.50. The van der Waals surface area contributed by atoms with Crippen molar-refractivity contribution in [2.75, 3.05) is 4.90 Å². The third kappa shape index (κ3) is 3.61. The van der Waals surface area contributed by atoms with E-state index >= 15 is 0 Å². The molecule has 1 fully saturated rings. The summed E-state index contributed by atoms with van der Waals surface area (Å²) in [5.41, 5.74) is 1.68. The van der Waals surface area contributed by atoms with Gasteiger partial charge < -0.3 is 9.67 Å². The molecular formula is C26H31N5O3. The van der Waals surface area contributed by atoms with Gasteiger partial charge >= 0.3 is 5.56 Å². The van der Waals surface area contributed by atoms with Crippen LogP contribution in [0.15, 0.2) is 41.3 Å². The van der Waals surface area contributed by atoms with Crippen molar-refractivity contribution in [3.63, 3.8) is 0 Å². The average molecular weight is 462 g/mol. The van der Waals surface area contributed by atoms with E-state index in [2.05, 4.69) is 41.3 Å². The fraction of sp³-hybridized carbons (Fsp3) is 0.462. The zero-order valence-electron chi connectivity index (χ0n) is 20.0. The summed E-state index contributed by atoms with van der Waals surface area (Å²) >= 11 is 0. The van der Waals surface area contributed by atoms with E-state index in [1.165, 1.54) is 11.1 Å². The maximum atomic E-state index is 13.6. The molecule has 8 heteroatoms. The zero-order chi connectivity index (χ0) is 24.0. The van der Waals surface area contributed by atoms with E-state index in [4.69, 9.17) is 0 Å². The molecule has 1 aliphatic carbocycles. The lowest BCUT2D eigenvalue weighted by Crippen LogP contribution is -2.49. The van der Waals surface area contributed by atoms with Crippen LogP contribution in [0, 0.1) is 0 Å². The number of carbonyl (C=O) groups is 1. The van der Waals surface area contributed by atoms with Crippen LogP contribution in [0.25, 0.3) is 0 Å². The van der Waals surface area contributed by atoms with Crippen molar-refractivity contribution < 1.29 is 9.90 Å². The summed E-state index contributed by atoms with van der Waals surface area (Å²) in [5, 5.41) is 15.0. The minimum atomic E-state index is -0.749. The molecule has 0 bridgehead atoms. The first kappa shape index (κ1) is 22.4. The van der Waals surface area contributed by atoms with Gasteiger partial charge in [0, 0.05) is 37.7 Å². The van der Waals surface area contributed by atoms with Crippen molar-refractivity contribution >= 4 is 11.7 Å². The highest BCUT2D eigenvalue weighted by molar-refractivity contribution is 6.07. The summed E-state index contributed by atoms with van der Waals surface area (Å²) in [6.45, 7) is 4.53. The molecule has 1 N–H and O–H groups in total. The lowest BCUT2D eigenvalue weighted by Gasteiger charge is -2.37. The van der Waals surface area contributed by atoms with Gasteiger partial charge in [-0.15, -0.1) is 0 Å². The molecule has 1 amide bonds. The van der Waals surface area contributed by atoms with Crippen molar-refractivity contribution in [1.82, 2.24) is 19.3 Å². The lowest BCUT2D eigenvalue weighted by molar-refractivity contribution is 0.0941. The third-order valence-electron chi connectivity index (χ3n) is 7.50. The van der Waals surface area contributed by atoms with E-state index in [0.29, 0.717) is 24.6 Å². The van der Waals surface area contributed by atoms with Crippen molar-refractivity contribution in [2.24, 2.45) is 7.05 Å². The number of aromatic hydroxyl groups is 1. The summed E-state index contributed by atoms with van der Waals surface area (Å²) in [6, 6.07) is 10.3. The van der Waals surface area contributed by atoms with Gasteiger partial charge in [-0.3, -0.25) is 19.2 Å². The Morgan fingerprint density at radius 2 is 1.94 bits per heavy atom. The predicted molar refractivity (Wildman–Crippen MR) is 129 cm³/mol. The van der Waals surface area contributed by atoms with Gasteiger partial charge in [0.2, 0.25) is 5.75 Å². The molecule has 2 aromatic heterocycles. The molecular weight excluding hydrogens is 430 g/mol. The van der Waals surface area contributed by atoms with E-state index < -0.39 is 17.2 Å². The topological polar surface area (TPSA) is 93.2 Å². The largest absolute Gasteiger partial charge is 0.501 e. The first-order valence-corrected chi connectivity index (χ1v) is 12.1. The van der Waals surface area contributed by atoms with Crippen molar-refractivity contribution in [3.05, 3.63) is 69.5 Å². The van der Waals surface area contributed by atoms with Crippen LogP contribution < -0.4 is 10.5 Å². The molecule has 1 aliphatic heterocycles. The van der Waals surface area contributed by atoms with E-state index in [1.54, 1.807) is 33.5 Å². The molecule has 0 saturated heterocycles. The Balaban J connectivity index is 1.60. The zero-order valence-corrected chi connectivity index (χ0v) is 20.0. The highest BCUT2D eigenvalue weighted by Gasteiger charge is 2.41. The molecule has 3 heterocycles. The highest BCUT2D eigenvalue weighted by Crippen LogP contribution is 2.44. The molecule has 0 spiro atoms. The van der Waals surface area contributed by atoms with E-state index in [9.17, 15) is 14.7 Å². The average Bonchev–Trinajstić information content (AvgIpc) is 3.47. The van der Waals surface area contributed by atoms with Gasteiger partial charge in [0.1, 0.15) is 5.82 Å². The number of anilines is 1. The van der Waals surface area contributed by atoms with E-state index in [0.717, 1.165) is 32.1 Å². The van der Waals surface area contributed by atoms with Crippen LogP contribution in [0.3, 0.4) is 0 Å². The molecule has 8 nitrogen and oxygen atoms in total. The molecule has 0 radical (unpaired) electrons. The number of nitrogens with zero attached hydrogens (tertiary/aromatic N) is 5. The second kappa shape index (κ2) is 8.42. The van der Waals surface area contributed by atoms with Crippen LogP contribution in [0.1, 0.15) is 67.0 Å². The second-order valence-corrected chi connectivity index (χ2v) is 9.73. The fourth-order valence-electron chi connectivity index (χ4n) is 5.70. The summed E-state index contributed by atoms with van der Waals surface area (Å²) in [7, 11) is 1.79. The minimum Gasteiger partial charge on any atom is -0.501 e. The van der Waals surface area contributed by atoms with Crippen LogP contribution in [-0.4, -0.2) is 36.4 Å². The molecule has 5 rings (SSSR count). The molecule has 0 unspecified atom stereocenters. The Hall–Kier alpha value is -3.42. The van der Waals surface area contributed by atoms with Gasteiger partial charge in [0.25, 0.3) is 5.91 Å². The van der Waals surface area contributed by atoms with Crippen LogP contribution in [0.4, 0.5) is 5.82 Å². The maximum Gasteiger partial charge on any atom is 0.315 e. The van der Waals surface area contributed by atoms with Gasteiger partial charge in [0.15, 0.2) is 11.5 Å². The van der Waals surface area contributed by atoms with E-state index in [1.807, 2.05) is 6.92 Å². The number of fused-ring (bicyclic) bond motifs is 1. The molecule has 178 valence electrons. The number of hydrogen-bond donors (Lipinski definition) is 1. The van der Waals surface area contributed by atoms with Crippen LogP contribution in [0.5, 0.6) is 5.75 Å². The van der Waals surface area contributed by atoms with Crippen LogP contribution in [0.2, 0.25) is 0 Å². The smallest absolute Gasteiger partial charge is 0.315 e. The first-order valence-electron chi connectivity index (χ1n) is 12.1. The Kier molecular flexibility index (Phi) is 5.54. The number of rotatable bonds is 5. The number of aryl methyl sites for hydroxylation is 2. The Bertz CT molecular complexity index is 1300. The number of hydrogen-bond acceptors (Lipinski definition) is 5. The minimum absolute atomic E-state index is 0.00853. The monoisotopic (exact) mass is 461 g/mol. The molecule has 34 heavy (non-hydrogen) atoms. The van der Waals surface area contributed by atoms with Crippen LogP contribution in [-0.2, 0) is 31.8 Å². The van der Waals surface area contributed by atoms with Gasteiger partial charge in [0.05, 0.1) is 6.04 Å². The number of carbonyl (C=O) groups excluding carboxylic acids is 1. The summed E-state index contributed by atoms with van der Waals surface area (Å²) in [6.07, 6.45) is 7.55. The molecule has 1 aromatic carbocycles. The predicted octanol–water partition coefficient (Wildman–Crippen LogP) is 3.35. The lowest BCUT2D eigenvalue weighted by atomic mass is 9.75. The molecule has 1 saturated carbocycles. The Morgan fingerprint density at radius 1 is 1.18 bits per heavy atom. The first-order chi connectivity index (χ1) is 16.3. The summed E-state index contributed by atoms with van der Waals surface area (Å²) < 4.78 is 3.40. The number of aromatic nitrogens is 4. The maximum absolute atomic E-state index is 13.6. The van der Waals surface area contributed by atoms with Crippen molar-refractivity contribution in [1.29, 1.82) is 0 Å². The molecule has 2 aliphatic rings. The van der Waals surface area contributed by atoms with Crippen molar-refractivity contribution in [2.45, 2.75) is 70.4 Å². The van der Waals surface area contributed by atoms with Crippen molar-refractivity contribution in [3.8, 4) is 5.75 Å². The van der Waals surface area contributed by atoms with Gasteiger partial charge in [-0.2, -0.15) is 10.1 Å². The fourth-order valence-corrected chi connectivity index (χ4v) is 5.70. The Morgan fingerprint density at radius 3 is 2.62 bits per heavy atom. The summed E-state index contributed by atoms with van der Waals surface area (Å²) in [4.78, 5) is 32.1. The van der Waals surface area contributed by atoms with E-state index in [-0.39, 0.29) is 17.2 Å².